The van der Waals surface area contributed by atoms with E-state index >= 15 is 0 Å². The van der Waals surface area contributed by atoms with Gasteiger partial charge >= 0.3 is 6.03 Å². The summed E-state index contributed by atoms with van der Waals surface area (Å²) in [5.74, 6) is 1.15. The normalized spacial score (nSPS) is 17.5. The van der Waals surface area contributed by atoms with E-state index in [1.54, 1.807) is 0 Å². The molecule has 2 aliphatic rings. The predicted molar refractivity (Wildman–Crippen MR) is 95.0 cm³/mol. The lowest BCUT2D eigenvalue weighted by Crippen LogP contribution is -2.36. The van der Waals surface area contributed by atoms with Gasteiger partial charge in [-0.15, -0.1) is 0 Å². The van der Waals surface area contributed by atoms with Crippen LogP contribution in [-0.2, 0) is 13.0 Å². The van der Waals surface area contributed by atoms with Crippen molar-refractivity contribution in [1.82, 2.24) is 14.9 Å². The number of fused-ring (bicyclic) bond motifs is 1. The van der Waals surface area contributed by atoms with Gasteiger partial charge in [-0.05, 0) is 31.7 Å². The van der Waals surface area contributed by atoms with Crippen molar-refractivity contribution in [3.05, 3.63) is 36.3 Å². The van der Waals surface area contributed by atoms with Crippen LogP contribution in [0.5, 0.6) is 0 Å². The maximum atomic E-state index is 12.3. The smallest absolute Gasteiger partial charge is 0.319 e. The molecule has 2 N–H and O–H groups in total. The van der Waals surface area contributed by atoms with E-state index in [2.05, 4.69) is 21.4 Å². The highest BCUT2D eigenvalue weighted by molar-refractivity contribution is 5.94. The molecule has 0 unspecified atom stereocenters. The Hall–Kier alpha value is -2.30. The molecule has 126 valence electrons. The van der Waals surface area contributed by atoms with Gasteiger partial charge in [0.25, 0.3) is 0 Å². The van der Waals surface area contributed by atoms with Crippen molar-refractivity contribution in [2.45, 2.75) is 57.5 Å². The molecule has 0 radical (unpaired) electrons. The highest BCUT2D eigenvalue weighted by atomic mass is 16.2. The zero-order chi connectivity index (χ0) is 16.4. The molecular formula is C19H24N4O. The number of hydrogen-bond acceptors (Lipinski definition) is 2. The third-order valence-corrected chi connectivity index (χ3v) is 5.05. The Labute approximate surface area is 142 Å². The number of carbonyl (C=O) groups is 1. The Balaban J connectivity index is 1.54. The summed E-state index contributed by atoms with van der Waals surface area (Å²) in [4.78, 5) is 17.1. The van der Waals surface area contributed by atoms with Crippen molar-refractivity contribution in [2.75, 3.05) is 5.32 Å². The van der Waals surface area contributed by atoms with E-state index in [9.17, 15) is 4.79 Å². The van der Waals surface area contributed by atoms with Gasteiger partial charge < -0.3 is 15.2 Å². The zero-order valence-corrected chi connectivity index (χ0v) is 13.9. The molecule has 0 atom stereocenters. The summed E-state index contributed by atoms with van der Waals surface area (Å²) in [6.07, 6.45) is 10.2. The van der Waals surface area contributed by atoms with Crippen molar-refractivity contribution in [2.24, 2.45) is 0 Å². The standard InChI is InChI=1S/C19H24N4O/c24-19(20-14-7-1-2-8-14)22-16-10-4-3-9-15(16)17-13-23-12-6-5-11-18(23)21-17/h3-4,9-10,13-14H,1-2,5-8,11-12H2,(H2,20,22,24). The molecule has 24 heavy (non-hydrogen) atoms. The van der Waals surface area contributed by atoms with Crippen molar-refractivity contribution in [1.29, 1.82) is 0 Å². The number of imidazole rings is 1. The average Bonchev–Trinajstić information content (AvgIpc) is 3.24. The summed E-state index contributed by atoms with van der Waals surface area (Å²) in [6.45, 7) is 1.04. The van der Waals surface area contributed by atoms with Crippen LogP contribution in [0.15, 0.2) is 30.5 Å². The number of benzene rings is 1. The van der Waals surface area contributed by atoms with E-state index in [-0.39, 0.29) is 6.03 Å². The minimum Gasteiger partial charge on any atom is -0.335 e. The third kappa shape index (κ3) is 3.16. The highest BCUT2D eigenvalue weighted by Crippen LogP contribution is 2.29. The largest absolute Gasteiger partial charge is 0.335 e. The zero-order valence-electron chi connectivity index (χ0n) is 13.9. The maximum absolute atomic E-state index is 12.3. The predicted octanol–water partition coefficient (Wildman–Crippen LogP) is 3.95. The van der Waals surface area contributed by atoms with Crippen LogP contribution < -0.4 is 10.6 Å². The lowest BCUT2D eigenvalue weighted by Gasteiger charge is -2.14. The first-order chi connectivity index (χ1) is 11.8. The summed E-state index contributed by atoms with van der Waals surface area (Å²) in [5, 5.41) is 6.10. The van der Waals surface area contributed by atoms with Crippen LogP contribution in [0.25, 0.3) is 11.3 Å². The number of rotatable bonds is 3. The number of aromatic nitrogens is 2. The summed E-state index contributed by atoms with van der Waals surface area (Å²) in [6, 6.07) is 8.12. The number of aryl methyl sites for hydroxylation is 2. The van der Waals surface area contributed by atoms with Crippen molar-refractivity contribution in [3.63, 3.8) is 0 Å². The fraction of sp³-hybridized carbons (Fsp3) is 0.474. The first kappa shape index (κ1) is 15.2. The van der Waals surface area contributed by atoms with E-state index in [4.69, 9.17) is 4.98 Å². The summed E-state index contributed by atoms with van der Waals surface area (Å²) in [7, 11) is 0. The lowest BCUT2D eigenvalue weighted by molar-refractivity contribution is 0.248. The summed E-state index contributed by atoms with van der Waals surface area (Å²) in [5.41, 5.74) is 2.76. The number of para-hydroxylation sites is 1. The number of urea groups is 1. The number of nitrogens with zero attached hydrogens (tertiary/aromatic N) is 2. The summed E-state index contributed by atoms with van der Waals surface area (Å²) < 4.78 is 2.24. The number of amides is 2. The highest BCUT2D eigenvalue weighted by Gasteiger charge is 2.19. The van der Waals surface area contributed by atoms with Crippen molar-refractivity contribution in [3.8, 4) is 11.3 Å². The van der Waals surface area contributed by atoms with E-state index in [1.807, 2.05) is 24.3 Å². The minimum atomic E-state index is -0.113. The minimum absolute atomic E-state index is 0.113. The molecule has 1 aliphatic heterocycles. The Kier molecular flexibility index (Phi) is 4.24. The molecule has 2 amide bonds. The fourth-order valence-corrected chi connectivity index (χ4v) is 3.77. The van der Waals surface area contributed by atoms with E-state index in [0.717, 1.165) is 48.6 Å². The molecular weight excluding hydrogens is 300 g/mol. The van der Waals surface area contributed by atoms with Gasteiger partial charge in [0.1, 0.15) is 5.82 Å². The number of hydrogen-bond donors (Lipinski definition) is 2. The average molecular weight is 324 g/mol. The molecule has 1 aromatic carbocycles. The molecule has 4 rings (SSSR count). The second kappa shape index (κ2) is 6.67. The molecule has 5 heteroatoms. The van der Waals surface area contributed by atoms with Gasteiger partial charge in [-0.3, -0.25) is 0 Å². The van der Waals surface area contributed by atoms with Gasteiger partial charge in [-0.1, -0.05) is 31.0 Å². The Bertz CT molecular complexity index is 707. The van der Waals surface area contributed by atoms with Gasteiger partial charge in [0.2, 0.25) is 0 Å². The Morgan fingerprint density at radius 2 is 1.96 bits per heavy atom. The lowest BCUT2D eigenvalue weighted by atomic mass is 10.1. The van der Waals surface area contributed by atoms with E-state index in [1.165, 1.54) is 25.7 Å². The van der Waals surface area contributed by atoms with Crippen LogP contribution >= 0.6 is 0 Å². The number of carbonyl (C=O) groups excluding carboxylic acids is 1. The van der Waals surface area contributed by atoms with E-state index < -0.39 is 0 Å². The van der Waals surface area contributed by atoms with Crippen molar-refractivity contribution < 1.29 is 4.79 Å². The molecule has 0 bridgehead atoms. The number of nitrogens with one attached hydrogen (secondary N) is 2. The van der Waals surface area contributed by atoms with Crippen molar-refractivity contribution >= 4 is 11.7 Å². The second-order valence-electron chi connectivity index (χ2n) is 6.82. The first-order valence-electron chi connectivity index (χ1n) is 9.02. The fourth-order valence-electron chi connectivity index (χ4n) is 3.77. The molecule has 1 saturated carbocycles. The van der Waals surface area contributed by atoms with E-state index in [0.29, 0.717) is 6.04 Å². The molecule has 1 aromatic heterocycles. The van der Waals surface area contributed by atoms with Crippen LogP contribution in [0.4, 0.5) is 10.5 Å². The summed E-state index contributed by atoms with van der Waals surface area (Å²) >= 11 is 0. The van der Waals surface area contributed by atoms with Gasteiger partial charge in [-0.2, -0.15) is 0 Å². The molecule has 0 saturated heterocycles. The Morgan fingerprint density at radius 3 is 2.79 bits per heavy atom. The topological polar surface area (TPSA) is 59.0 Å². The molecule has 1 fully saturated rings. The van der Waals surface area contributed by atoms with Gasteiger partial charge in [0.15, 0.2) is 0 Å². The van der Waals surface area contributed by atoms with Crippen LogP contribution in [0, 0.1) is 0 Å². The molecule has 0 spiro atoms. The molecule has 5 nitrogen and oxygen atoms in total. The Morgan fingerprint density at radius 1 is 1.12 bits per heavy atom. The van der Waals surface area contributed by atoms with Crippen LogP contribution in [0.3, 0.4) is 0 Å². The van der Waals surface area contributed by atoms with Crippen LogP contribution in [0.2, 0.25) is 0 Å². The first-order valence-corrected chi connectivity index (χ1v) is 9.02. The van der Waals surface area contributed by atoms with Gasteiger partial charge in [0.05, 0.1) is 11.4 Å². The molecule has 2 aromatic rings. The maximum Gasteiger partial charge on any atom is 0.319 e. The monoisotopic (exact) mass is 324 g/mol. The molecule has 1 aliphatic carbocycles. The van der Waals surface area contributed by atoms with Crippen LogP contribution in [-0.4, -0.2) is 21.6 Å². The van der Waals surface area contributed by atoms with Gasteiger partial charge in [-0.25, -0.2) is 9.78 Å². The second-order valence-corrected chi connectivity index (χ2v) is 6.82. The number of anilines is 1. The van der Waals surface area contributed by atoms with Gasteiger partial charge in [0, 0.05) is 30.8 Å². The molecule has 2 heterocycles. The third-order valence-electron chi connectivity index (χ3n) is 5.05. The quantitative estimate of drug-likeness (QED) is 0.898. The van der Waals surface area contributed by atoms with Crippen LogP contribution in [0.1, 0.15) is 44.3 Å². The SMILES string of the molecule is O=C(Nc1ccccc1-c1cn2c(n1)CCCC2)NC1CCCC1.